The van der Waals surface area contributed by atoms with Crippen molar-refractivity contribution in [1.29, 1.82) is 0 Å². The summed E-state index contributed by atoms with van der Waals surface area (Å²) >= 11 is 0. The minimum absolute atomic E-state index is 0.491. The van der Waals surface area contributed by atoms with Crippen LogP contribution in [0.15, 0.2) is 0 Å². The molecule has 2 saturated heterocycles. The Balaban J connectivity index is 1.50. The lowest BCUT2D eigenvalue weighted by Crippen LogP contribution is -2.62. The summed E-state index contributed by atoms with van der Waals surface area (Å²) in [5.74, 6) is 0. The molecule has 19 heavy (non-hydrogen) atoms. The predicted molar refractivity (Wildman–Crippen MR) is 81.4 cm³/mol. The third-order valence-corrected chi connectivity index (χ3v) is 6.05. The van der Waals surface area contributed by atoms with Gasteiger partial charge in [-0.3, -0.25) is 0 Å². The standard InChI is InChI=1S/C17H32N2/c1-16(2)8-7-11-18-15(16)12-19-13-17(14-19)9-5-3-4-6-10-17/h15,18H,3-14H2,1-2H3. The lowest BCUT2D eigenvalue weighted by molar-refractivity contribution is -0.0301. The molecule has 1 atom stereocenters. The molecule has 3 aliphatic rings. The first-order valence-electron chi connectivity index (χ1n) is 8.56. The summed E-state index contributed by atoms with van der Waals surface area (Å²) in [6, 6.07) is 0.712. The second-order valence-electron chi connectivity index (χ2n) is 8.18. The van der Waals surface area contributed by atoms with Crippen LogP contribution in [0, 0.1) is 10.8 Å². The molecule has 0 bridgehead atoms. The van der Waals surface area contributed by atoms with Gasteiger partial charge < -0.3 is 10.2 Å². The van der Waals surface area contributed by atoms with Crippen LogP contribution in [0.25, 0.3) is 0 Å². The van der Waals surface area contributed by atoms with Crippen molar-refractivity contribution in [2.75, 3.05) is 26.2 Å². The van der Waals surface area contributed by atoms with E-state index in [4.69, 9.17) is 0 Å². The van der Waals surface area contributed by atoms with Crippen molar-refractivity contribution in [3.05, 3.63) is 0 Å². The van der Waals surface area contributed by atoms with Gasteiger partial charge in [0.15, 0.2) is 0 Å². The summed E-state index contributed by atoms with van der Waals surface area (Å²) in [5.41, 5.74) is 1.22. The quantitative estimate of drug-likeness (QED) is 0.822. The van der Waals surface area contributed by atoms with Crippen LogP contribution < -0.4 is 5.32 Å². The van der Waals surface area contributed by atoms with Gasteiger partial charge in [-0.1, -0.05) is 39.5 Å². The summed E-state index contributed by atoms with van der Waals surface area (Å²) in [7, 11) is 0. The fourth-order valence-corrected chi connectivity index (χ4v) is 4.67. The maximum absolute atomic E-state index is 3.77. The number of likely N-dealkylation sites (tertiary alicyclic amines) is 1. The monoisotopic (exact) mass is 264 g/mol. The van der Waals surface area contributed by atoms with E-state index in [-0.39, 0.29) is 0 Å². The van der Waals surface area contributed by atoms with Crippen molar-refractivity contribution in [1.82, 2.24) is 10.2 Å². The van der Waals surface area contributed by atoms with Gasteiger partial charge in [-0.2, -0.15) is 0 Å². The van der Waals surface area contributed by atoms with Crippen molar-refractivity contribution < 1.29 is 0 Å². The third kappa shape index (κ3) is 3.00. The molecule has 1 spiro atoms. The van der Waals surface area contributed by atoms with E-state index < -0.39 is 0 Å². The van der Waals surface area contributed by atoms with Gasteiger partial charge in [0, 0.05) is 25.7 Å². The van der Waals surface area contributed by atoms with E-state index in [2.05, 4.69) is 24.1 Å². The zero-order chi connectivity index (χ0) is 13.3. The SMILES string of the molecule is CC1(C)CCCNC1CN1CC2(CCCCCC2)C1. The molecular weight excluding hydrogens is 232 g/mol. The zero-order valence-electron chi connectivity index (χ0n) is 13.0. The maximum atomic E-state index is 3.77. The molecular formula is C17H32N2. The molecule has 110 valence electrons. The van der Waals surface area contributed by atoms with Gasteiger partial charge in [-0.25, -0.2) is 0 Å². The molecule has 0 aromatic rings. The number of hydrogen-bond donors (Lipinski definition) is 1. The Bertz CT molecular complexity index is 294. The Morgan fingerprint density at radius 1 is 0.947 bits per heavy atom. The predicted octanol–water partition coefficient (Wildman–Crippen LogP) is 3.42. The molecule has 3 rings (SSSR count). The van der Waals surface area contributed by atoms with Crippen molar-refractivity contribution in [3.63, 3.8) is 0 Å². The smallest absolute Gasteiger partial charge is 0.0246 e. The van der Waals surface area contributed by atoms with Gasteiger partial charge in [0.25, 0.3) is 0 Å². The van der Waals surface area contributed by atoms with Crippen LogP contribution in [0.1, 0.15) is 65.2 Å². The normalized spacial score (nSPS) is 34.7. The number of hydrogen-bond acceptors (Lipinski definition) is 2. The van der Waals surface area contributed by atoms with Crippen LogP contribution in [0.4, 0.5) is 0 Å². The van der Waals surface area contributed by atoms with Crippen LogP contribution in [0.2, 0.25) is 0 Å². The summed E-state index contributed by atoms with van der Waals surface area (Å²) in [6.45, 7) is 10.2. The Kier molecular flexibility index (Phi) is 3.92. The van der Waals surface area contributed by atoms with E-state index in [9.17, 15) is 0 Å². The van der Waals surface area contributed by atoms with Crippen molar-refractivity contribution in [2.45, 2.75) is 71.3 Å². The van der Waals surface area contributed by atoms with Crippen molar-refractivity contribution >= 4 is 0 Å². The first-order chi connectivity index (χ1) is 9.10. The molecule has 0 amide bonds. The lowest BCUT2D eigenvalue weighted by atomic mass is 9.72. The average Bonchev–Trinajstić information content (AvgIpc) is 2.56. The van der Waals surface area contributed by atoms with Gasteiger partial charge in [-0.05, 0) is 43.1 Å². The van der Waals surface area contributed by atoms with Crippen LogP contribution >= 0.6 is 0 Å². The van der Waals surface area contributed by atoms with Crippen LogP contribution in [-0.2, 0) is 0 Å². The molecule has 1 unspecified atom stereocenters. The Morgan fingerprint density at radius 2 is 1.63 bits per heavy atom. The average molecular weight is 264 g/mol. The number of rotatable bonds is 2. The van der Waals surface area contributed by atoms with Crippen LogP contribution in [-0.4, -0.2) is 37.1 Å². The molecule has 0 aromatic heterocycles. The molecule has 0 aromatic carbocycles. The second kappa shape index (κ2) is 5.37. The Labute approximate surface area is 119 Å². The zero-order valence-corrected chi connectivity index (χ0v) is 13.0. The largest absolute Gasteiger partial charge is 0.312 e. The Morgan fingerprint density at radius 3 is 2.26 bits per heavy atom. The highest BCUT2D eigenvalue weighted by Gasteiger charge is 2.44. The highest BCUT2D eigenvalue weighted by atomic mass is 15.2. The van der Waals surface area contributed by atoms with E-state index in [0.717, 1.165) is 5.41 Å². The molecule has 1 N–H and O–H groups in total. The van der Waals surface area contributed by atoms with Crippen molar-refractivity contribution in [3.8, 4) is 0 Å². The highest BCUT2D eigenvalue weighted by molar-refractivity contribution is 4.99. The van der Waals surface area contributed by atoms with E-state index in [1.54, 1.807) is 0 Å². The highest BCUT2D eigenvalue weighted by Crippen LogP contribution is 2.43. The van der Waals surface area contributed by atoms with E-state index in [0.29, 0.717) is 11.5 Å². The molecule has 2 nitrogen and oxygen atoms in total. The fourth-order valence-electron chi connectivity index (χ4n) is 4.67. The first-order valence-corrected chi connectivity index (χ1v) is 8.56. The van der Waals surface area contributed by atoms with Gasteiger partial charge >= 0.3 is 0 Å². The maximum Gasteiger partial charge on any atom is 0.0246 e. The molecule has 2 heterocycles. The minimum atomic E-state index is 0.491. The molecule has 1 saturated carbocycles. The third-order valence-electron chi connectivity index (χ3n) is 6.05. The summed E-state index contributed by atoms with van der Waals surface area (Å²) in [5, 5.41) is 3.77. The van der Waals surface area contributed by atoms with Gasteiger partial charge in [0.05, 0.1) is 0 Å². The topological polar surface area (TPSA) is 15.3 Å². The summed E-state index contributed by atoms with van der Waals surface area (Å²) < 4.78 is 0. The van der Waals surface area contributed by atoms with Crippen LogP contribution in [0.3, 0.4) is 0 Å². The van der Waals surface area contributed by atoms with E-state index in [1.165, 1.54) is 77.5 Å². The first kappa shape index (κ1) is 13.9. The molecule has 2 aliphatic heterocycles. The fraction of sp³-hybridized carbons (Fsp3) is 1.00. The number of piperidine rings is 1. The minimum Gasteiger partial charge on any atom is -0.312 e. The van der Waals surface area contributed by atoms with Crippen molar-refractivity contribution in [2.24, 2.45) is 10.8 Å². The van der Waals surface area contributed by atoms with Gasteiger partial charge in [0.1, 0.15) is 0 Å². The Hall–Kier alpha value is -0.0800. The molecule has 1 aliphatic carbocycles. The van der Waals surface area contributed by atoms with Gasteiger partial charge in [0.2, 0.25) is 0 Å². The van der Waals surface area contributed by atoms with E-state index >= 15 is 0 Å². The molecule has 0 radical (unpaired) electrons. The van der Waals surface area contributed by atoms with E-state index in [1.807, 2.05) is 0 Å². The van der Waals surface area contributed by atoms with Crippen LogP contribution in [0.5, 0.6) is 0 Å². The number of nitrogens with one attached hydrogen (secondary N) is 1. The second-order valence-corrected chi connectivity index (χ2v) is 8.18. The summed E-state index contributed by atoms with van der Waals surface area (Å²) in [6.07, 6.45) is 11.7. The molecule has 2 heteroatoms. The van der Waals surface area contributed by atoms with Gasteiger partial charge in [-0.15, -0.1) is 0 Å². The number of nitrogens with zero attached hydrogens (tertiary/aromatic N) is 1. The molecule has 3 fully saturated rings. The summed E-state index contributed by atoms with van der Waals surface area (Å²) in [4.78, 5) is 2.73. The lowest BCUT2D eigenvalue weighted by Gasteiger charge is -2.53.